The van der Waals surface area contributed by atoms with Gasteiger partial charge in [-0.05, 0) is 29.6 Å². The molecule has 5 rings (SSSR count). The molecule has 184 valence electrons. The topological polar surface area (TPSA) is 148 Å². The van der Waals surface area contributed by atoms with Crippen molar-refractivity contribution in [2.24, 2.45) is 4.99 Å². The third-order valence-electron chi connectivity index (χ3n) is 5.77. The van der Waals surface area contributed by atoms with E-state index in [1.807, 2.05) is 23.6 Å². The van der Waals surface area contributed by atoms with Crippen LogP contribution in [0.4, 0.5) is 17.5 Å². The Morgan fingerprint density at radius 2 is 2.03 bits per heavy atom. The normalized spacial score (nSPS) is 20.0. The number of sulfone groups is 1. The molecule has 0 aliphatic carbocycles. The number of morpholine rings is 1. The zero-order valence-corrected chi connectivity index (χ0v) is 20.8. The Balaban J connectivity index is 1.62. The van der Waals surface area contributed by atoms with Gasteiger partial charge >= 0.3 is 0 Å². The summed E-state index contributed by atoms with van der Waals surface area (Å²) in [5.41, 5.74) is 7.18. The average Bonchev–Trinajstić information content (AvgIpc) is 3.32. The third-order valence-corrected chi connectivity index (χ3v) is 7.63. The number of rotatable bonds is 6. The van der Waals surface area contributed by atoms with Crippen LogP contribution in [0.3, 0.4) is 0 Å². The van der Waals surface area contributed by atoms with Crippen LogP contribution in [0.2, 0.25) is 0 Å². The van der Waals surface area contributed by atoms with Gasteiger partial charge in [-0.1, -0.05) is 0 Å². The molecule has 1 fully saturated rings. The number of nitrogens with one attached hydrogen (secondary N) is 2. The molecule has 1 saturated heterocycles. The average molecular weight is 515 g/mol. The van der Waals surface area contributed by atoms with Gasteiger partial charge in [-0.25, -0.2) is 28.4 Å². The van der Waals surface area contributed by atoms with E-state index in [1.54, 1.807) is 29.8 Å². The highest BCUT2D eigenvalue weighted by atomic mass is 32.2. The van der Waals surface area contributed by atoms with Gasteiger partial charge in [0.2, 0.25) is 11.6 Å². The van der Waals surface area contributed by atoms with Crippen LogP contribution < -0.4 is 16.4 Å². The summed E-state index contributed by atoms with van der Waals surface area (Å²) in [6, 6.07) is 7.54. The summed E-state index contributed by atoms with van der Waals surface area (Å²) in [7, 11) is -3.10. The lowest BCUT2D eigenvalue weighted by Gasteiger charge is -2.39. The Kier molecular flexibility index (Phi) is 6.30. The van der Waals surface area contributed by atoms with Gasteiger partial charge in [0.15, 0.2) is 0 Å². The molecule has 35 heavy (non-hydrogen) atoms. The predicted molar refractivity (Wildman–Crippen MR) is 137 cm³/mol. The number of hydrogen-bond acceptors (Lipinski definition) is 12. The summed E-state index contributed by atoms with van der Waals surface area (Å²) in [5, 5.41) is 8.73. The Morgan fingerprint density at radius 3 is 2.80 bits per heavy atom. The first-order valence-electron chi connectivity index (χ1n) is 11.1. The van der Waals surface area contributed by atoms with Crippen LogP contribution >= 0.6 is 11.3 Å². The van der Waals surface area contributed by atoms with Gasteiger partial charge in [-0.15, -0.1) is 11.3 Å². The standard InChI is InChI=1S/C22H26N8O3S2/c1-35(31,32)13-7-25-18-14-15(2-5-24-18)22(17-3-6-26-21(23)27-17)28-16-4-12-34-19(16)20(29-22)30-8-10-33-11-9-30/h2-6,12,14,28H,7-11,13H2,1H3,(H,24,25)(H2,23,26,27). The first-order chi connectivity index (χ1) is 16.8. The molecule has 3 aromatic heterocycles. The summed E-state index contributed by atoms with van der Waals surface area (Å²) >= 11 is 1.62. The van der Waals surface area contributed by atoms with E-state index in [0.29, 0.717) is 24.7 Å². The molecule has 0 amide bonds. The quantitative estimate of drug-likeness (QED) is 0.440. The fourth-order valence-electron chi connectivity index (χ4n) is 4.10. The lowest BCUT2D eigenvalue weighted by Crippen LogP contribution is -2.47. The fourth-order valence-corrected chi connectivity index (χ4v) is 5.44. The summed E-state index contributed by atoms with van der Waals surface area (Å²) in [6.07, 6.45) is 4.49. The van der Waals surface area contributed by atoms with Crippen molar-refractivity contribution in [3.8, 4) is 0 Å². The number of nitrogen functional groups attached to an aromatic ring is 1. The number of fused-ring (bicyclic) bond motifs is 1. The van der Waals surface area contributed by atoms with Gasteiger partial charge in [0.1, 0.15) is 21.5 Å². The van der Waals surface area contributed by atoms with Crippen molar-refractivity contribution in [1.29, 1.82) is 0 Å². The zero-order chi connectivity index (χ0) is 24.5. The van der Waals surface area contributed by atoms with Crippen LogP contribution in [0.25, 0.3) is 0 Å². The molecule has 0 bridgehead atoms. The van der Waals surface area contributed by atoms with Gasteiger partial charge < -0.3 is 26.0 Å². The Morgan fingerprint density at radius 1 is 1.23 bits per heavy atom. The number of anilines is 3. The van der Waals surface area contributed by atoms with Crippen molar-refractivity contribution in [2.75, 3.05) is 61.2 Å². The van der Waals surface area contributed by atoms with Crippen molar-refractivity contribution in [1.82, 2.24) is 19.9 Å². The van der Waals surface area contributed by atoms with Gasteiger partial charge in [-0.3, -0.25) is 0 Å². The van der Waals surface area contributed by atoms with Crippen LogP contribution in [0.5, 0.6) is 0 Å². The Hall–Kier alpha value is -3.29. The third kappa shape index (κ3) is 4.92. The van der Waals surface area contributed by atoms with E-state index in [0.717, 1.165) is 35.1 Å². The van der Waals surface area contributed by atoms with E-state index in [4.69, 9.17) is 15.5 Å². The number of aromatic nitrogens is 3. The Labute approximate surface area is 207 Å². The van der Waals surface area contributed by atoms with Gasteiger partial charge in [0.25, 0.3) is 0 Å². The van der Waals surface area contributed by atoms with E-state index in [1.165, 1.54) is 6.26 Å². The fraction of sp³-hybridized carbons (Fsp3) is 0.364. The van der Waals surface area contributed by atoms with Crippen molar-refractivity contribution in [3.05, 3.63) is 58.2 Å². The molecule has 1 atom stereocenters. The molecule has 5 heterocycles. The minimum atomic E-state index is -3.10. The van der Waals surface area contributed by atoms with Crippen molar-refractivity contribution in [2.45, 2.75) is 5.66 Å². The maximum Gasteiger partial charge on any atom is 0.220 e. The smallest absolute Gasteiger partial charge is 0.220 e. The zero-order valence-electron chi connectivity index (χ0n) is 19.1. The van der Waals surface area contributed by atoms with E-state index >= 15 is 0 Å². The summed E-state index contributed by atoms with van der Waals surface area (Å²) in [6.45, 7) is 2.96. The molecule has 0 radical (unpaired) electrons. The molecule has 0 aromatic carbocycles. The van der Waals surface area contributed by atoms with Crippen LogP contribution in [-0.4, -0.2) is 79.0 Å². The molecule has 2 aliphatic rings. The molecule has 2 aliphatic heterocycles. The lowest BCUT2D eigenvalue weighted by atomic mass is 9.94. The predicted octanol–water partition coefficient (Wildman–Crippen LogP) is 1.38. The minimum absolute atomic E-state index is 0.00232. The molecule has 13 heteroatoms. The number of nitrogens with zero attached hydrogens (tertiary/aromatic N) is 5. The van der Waals surface area contributed by atoms with E-state index < -0.39 is 15.5 Å². The molecule has 1 unspecified atom stereocenters. The molecular weight excluding hydrogens is 488 g/mol. The number of pyridine rings is 1. The van der Waals surface area contributed by atoms with Crippen molar-refractivity contribution >= 4 is 44.5 Å². The van der Waals surface area contributed by atoms with Crippen LogP contribution in [0.1, 0.15) is 16.1 Å². The van der Waals surface area contributed by atoms with Gasteiger partial charge in [-0.2, -0.15) is 0 Å². The molecule has 11 nitrogen and oxygen atoms in total. The lowest BCUT2D eigenvalue weighted by molar-refractivity contribution is 0.0679. The summed E-state index contributed by atoms with van der Waals surface area (Å²) in [4.78, 5) is 21.5. The maximum absolute atomic E-state index is 11.6. The number of thiophene rings is 1. The highest BCUT2D eigenvalue weighted by molar-refractivity contribution is 7.90. The second-order valence-electron chi connectivity index (χ2n) is 8.32. The van der Waals surface area contributed by atoms with Crippen molar-refractivity contribution in [3.63, 3.8) is 0 Å². The number of amidine groups is 1. The van der Waals surface area contributed by atoms with Gasteiger partial charge in [0.05, 0.1) is 35.2 Å². The molecule has 3 aromatic rings. The molecule has 0 saturated carbocycles. The van der Waals surface area contributed by atoms with Crippen LogP contribution in [0, 0.1) is 0 Å². The first-order valence-corrected chi connectivity index (χ1v) is 14.0. The SMILES string of the molecule is CS(=O)(=O)CCNc1cc(C2(c3ccnc(N)n3)N=C(N3CCOCC3)c3sccc3N2)ccn1. The first kappa shape index (κ1) is 23.5. The molecule has 0 spiro atoms. The maximum atomic E-state index is 11.6. The number of aliphatic imine (C=N–C) groups is 1. The minimum Gasteiger partial charge on any atom is -0.378 e. The number of ether oxygens (including phenoxy) is 1. The second-order valence-corrected chi connectivity index (χ2v) is 11.5. The number of hydrogen-bond donors (Lipinski definition) is 3. The largest absolute Gasteiger partial charge is 0.378 e. The highest BCUT2D eigenvalue weighted by Gasteiger charge is 2.42. The summed E-state index contributed by atoms with van der Waals surface area (Å²) in [5.74, 6) is 1.54. The van der Waals surface area contributed by atoms with Gasteiger partial charge in [0, 0.05) is 43.8 Å². The van der Waals surface area contributed by atoms with Crippen LogP contribution in [0.15, 0.2) is 47.0 Å². The number of nitrogens with two attached hydrogens (primary N) is 1. The second kappa shape index (κ2) is 9.40. The highest BCUT2D eigenvalue weighted by Crippen LogP contribution is 2.42. The van der Waals surface area contributed by atoms with Crippen molar-refractivity contribution < 1.29 is 13.2 Å². The van der Waals surface area contributed by atoms with E-state index in [-0.39, 0.29) is 18.2 Å². The van der Waals surface area contributed by atoms with Crippen LogP contribution in [-0.2, 0) is 20.2 Å². The molecule has 4 N–H and O–H groups in total. The summed E-state index contributed by atoms with van der Waals surface area (Å²) < 4.78 is 28.7. The molecular formula is C22H26N8O3S2. The monoisotopic (exact) mass is 514 g/mol. The Bertz CT molecular complexity index is 1350. The van der Waals surface area contributed by atoms with E-state index in [2.05, 4.69) is 30.5 Å². The van der Waals surface area contributed by atoms with E-state index in [9.17, 15) is 8.42 Å².